The van der Waals surface area contributed by atoms with Gasteiger partial charge in [0.1, 0.15) is 5.82 Å². The van der Waals surface area contributed by atoms with Crippen molar-refractivity contribution in [2.45, 2.75) is 19.8 Å². The molecule has 7 heteroatoms. The van der Waals surface area contributed by atoms with E-state index in [0.29, 0.717) is 21.4 Å². The molecule has 3 rings (SSSR count). The molecule has 1 N–H and O–H groups in total. The van der Waals surface area contributed by atoms with Crippen LogP contribution in [0, 0.1) is 0 Å². The maximum absolute atomic E-state index is 12.6. The first-order chi connectivity index (χ1) is 12.1. The number of nitrogens with one attached hydrogen (secondary N) is 1. The zero-order chi connectivity index (χ0) is 17.8. The van der Waals surface area contributed by atoms with E-state index >= 15 is 0 Å². The smallest absolute Gasteiger partial charge is 0.260 e. The fraction of sp³-hybridized carbons (Fsp3) is 0.167. The molecule has 0 aliphatic heterocycles. The summed E-state index contributed by atoms with van der Waals surface area (Å²) in [7, 11) is 0. The van der Waals surface area contributed by atoms with E-state index in [0.717, 1.165) is 24.2 Å². The van der Waals surface area contributed by atoms with Gasteiger partial charge in [-0.1, -0.05) is 36.5 Å². The molecular weight excluding hydrogens is 359 g/mol. The molecule has 1 aromatic carbocycles. The van der Waals surface area contributed by atoms with Gasteiger partial charge in [-0.2, -0.15) is 5.10 Å². The number of aromatic nitrogens is 3. The number of amides is 1. The minimum Gasteiger partial charge on any atom is -0.306 e. The molecule has 0 radical (unpaired) electrons. The van der Waals surface area contributed by atoms with Gasteiger partial charge in [-0.15, -0.1) is 0 Å². The highest BCUT2D eigenvalue weighted by molar-refractivity contribution is 6.30. The summed E-state index contributed by atoms with van der Waals surface area (Å²) in [5, 5.41) is 8.32. The summed E-state index contributed by atoms with van der Waals surface area (Å²) in [5.74, 6) is 0.189. The number of carbonyl (C=O) groups excluding carboxylic acids is 1. The summed E-state index contributed by atoms with van der Waals surface area (Å²) in [6.45, 7) is 2.06. The summed E-state index contributed by atoms with van der Waals surface area (Å²) >= 11 is 11.8. The molecule has 5 nitrogen and oxygen atoms in total. The lowest BCUT2D eigenvalue weighted by Gasteiger charge is -2.09. The van der Waals surface area contributed by atoms with Crippen molar-refractivity contribution in [3.63, 3.8) is 0 Å². The lowest BCUT2D eigenvalue weighted by molar-refractivity contribution is 0.102. The van der Waals surface area contributed by atoms with E-state index in [1.165, 1.54) is 6.20 Å². The van der Waals surface area contributed by atoms with Gasteiger partial charge in [0.15, 0.2) is 0 Å². The van der Waals surface area contributed by atoms with Crippen LogP contribution in [-0.2, 0) is 6.42 Å². The third-order valence-electron chi connectivity index (χ3n) is 3.64. The third kappa shape index (κ3) is 4.00. The SMILES string of the molecule is CCCc1c(C(=O)Nc2ccc(Cl)cn2)cnn1-c1ccc(Cl)cc1. The van der Waals surface area contributed by atoms with Crippen LogP contribution in [0.15, 0.2) is 48.8 Å². The molecule has 0 bridgehead atoms. The van der Waals surface area contributed by atoms with Crippen molar-refractivity contribution in [2.75, 3.05) is 5.32 Å². The highest BCUT2D eigenvalue weighted by Gasteiger charge is 2.18. The van der Waals surface area contributed by atoms with Crippen molar-refractivity contribution in [1.82, 2.24) is 14.8 Å². The van der Waals surface area contributed by atoms with Gasteiger partial charge in [0.25, 0.3) is 5.91 Å². The zero-order valence-electron chi connectivity index (χ0n) is 13.5. The van der Waals surface area contributed by atoms with E-state index < -0.39 is 0 Å². The molecule has 0 aliphatic rings. The van der Waals surface area contributed by atoms with Crippen LogP contribution in [-0.4, -0.2) is 20.7 Å². The minimum absolute atomic E-state index is 0.251. The largest absolute Gasteiger partial charge is 0.306 e. The van der Waals surface area contributed by atoms with Gasteiger partial charge in [-0.25, -0.2) is 9.67 Å². The Balaban J connectivity index is 1.91. The van der Waals surface area contributed by atoms with E-state index in [-0.39, 0.29) is 5.91 Å². The Morgan fingerprint density at radius 2 is 1.80 bits per heavy atom. The molecule has 128 valence electrons. The molecule has 0 atom stereocenters. The number of carbonyl (C=O) groups is 1. The number of anilines is 1. The van der Waals surface area contributed by atoms with Gasteiger partial charge >= 0.3 is 0 Å². The molecule has 2 heterocycles. The highest BCUT2D eigenvalue weighted by Crippen LogP contribution is 2.20. The monoisotopic (exact) mass is 374 g/mol. The van der Waals surface area contributed by atoms with Gasteiger partial charge in [0, 0.05) is 11.2 Å². The van der Waals surface area contributed by atoms with Crippen LogP contribution in [0.3, 0.4) is 0 Å². The first-order valence-electron chi connectivity index (χ1n) is 7.84. The Kier molecular flexibility index (Phi) is 5.36. The Morgan fingerprint density at radius 3 is 2.44 bits per heavy atom. The van der Waals surface area contributed by atoms with Crippen LogP contribution in [0.5, 0.6) is 0 Å². The van der Waals surface area contributed by atoms with Gasteiger partial charge in [-0.3, -0.25) is 4.79 Å². The molecule has 1 amide bonds. The standard InChI is InChI=1S/C18H16Cl2N4O/c1-2-3-16-15(18(25)23-17-9-6-13(20)10-21-17)11-22-24(16)14-7-4-12(19)5-8-14/h4-11H,2-3H2,1H3,(H,21,23,25). The molecule has 25 heavy (non-hydrogen) atoms. The first kappa shape index (κ1) is 17.5. The molecule has 0 saturated heterocycles. The predicted molar refractivity (Wildman–Crippen MR) is 99.8 cm³/mol. The second-order valence-electron chi connectivity index (χ2n) is 5.46. The van der Waals surface area contributed by atoms with E-state index in [1.54, 1.807) is 35.1 Å². The number of halogens is 2. The number of rotatable bonds is 5. The zero-order valence-corrected chi connectivity index (χ0v) is 15.1. The van der Waals surface area contributed by atoms with Crippen molar-refractivity contribution in [3.8, 4) is 5.69 Å². The lowest BCUT2D eigenvalue weighted by atomic mass is 10.1. The van der Waals surface area contributed by atoms with Crippen LogP contribution in [0.1, 0.15) is 29.4 Å². The van der Waals surface area contributed by atoms with Crippen molar-refractivity contribution in [2.24, 2.45) is 0 Å². The maximum atomic E-state index is 12.6. The van der Waals surface area contributed by atoms with Crippen LogP contribution in [0.4, 0.5) is 5.82 Å². The fourth-order valence-electron chi connectivity index (χ4n) is 2.48. The third-order valence-corrected chi connectivity index (χ3v) is 4.12. The number of hydrogen-bond acceptors (Lipinski definition) is 3. The predicted octanol–water partition coefficient (Wildman–Crippen LogP) is 4.78. The molecule has 0 unspecified atom stereocenters. The van der Waals surface area contributed by atoms with E-state index in [1.807, 2.05) is 12.1 Å². The summed E-state index contributed by atoms with van der Waals surface area (Å²) in [6.07, 6.45) is 4.67. The molecular formula is C18H16Cl2N4O. The molecule has 0 saturated carbocycles. The Morgan fingerprint density at radius 1 is 1.08 bits per heavy atom. The number of hydrogen-bond donors (Lipinski definition) is 1. The van der Waals surface area contributed by atoms with Crippen LogP contribution < -0.4 is 5.32 Å². The van der Waals surface area contributed by atoms with E-state index in [2.05, 4.69) is 22.3 Å². The molecule has 0 aliphatic carbocycles. The average molecular weight is 375 g/mol. The van der Waals surface area contributed by atoms with Gasteiger partial charge in [0.05, 0.1) is 28.2 Å². The number of nitrogens with zero attached hydrogens (tertiary/aromatic N) is 3. The highest BCUT2D eigenvalue weighted by atomic mass is 35.5. The molecule has 3 aromatic rings. The van der Waals surface area contributed by atoms with E-state index in [9.17, 15) is 4.79 Å². The Bertz CT molecular complexity index is 873. The maximum Gasteiger partial charge on any atom is 0.260 e. The minimum atomic E-state index is -0.251. The van der Waals surface area contributed by atoms with Gasteiger partial charge in [-0.05, 0) is 42.8 Å². The topological polar surface area (TPSA) is 59.8 Å². The van der Waals surface area contributed by atoms with Crippen molar-refractivity contribution >= 4 is 34.9 Å². The van der Waals surface area contributed by atoms with Gasteiger partial charge < -0.3 is 5.32 Å². The number of pyridine rings is 1. The summed E-state index contributed by atoms with van der Waals surface area (Å²) < 4.78 is 1.77. The Hall–Kier alpha value is -2.37. The molecule has 2 aromatic heterocycles. The number of benzene rings is 1. The second kappa shape index (κ2) is 7.68. The first-order valence-corrected chi connectivity index (χ1v) is 8.60. The molecule has 0 fully saturated rings. The summed E-state index contributed by atoms with van der Waals surface area (Å²) in [4.78, 5) is 16.7. The van der Waals surface area contributed by atoms with Crippen molar-refractivity contribution < 1.29 is 4.79 Å². The fourth-order valence-corrected chi connectivity index (χ4v) is 2.72. The van der Waals surface area contributed by atoms with Crippen LogP contribution >= 0.6 is 23.2 Å². The van der Waals surface area contributed by atoms with Gasteiger partial charge in [0.2, 0.25) is 0 Å². The Labute approximate surface area is 155 Å². The van der Waals surface area contributed by atoms with Crippen molar-refractivity contribution in [3.05, 3.63) is 70.1 Å². The normalized spacial score (nSPS) is 10.7. The second-order valence-corrected chi connectivity index (χ2v) is 6.33. The summed E-state index contributed by atoms with van der Waals surface area (Å²) in [6, 6.07) is 10.7. The average Bonchev–Trinajstić information content (AvgIpc) is 3.02. The van der Waals surface area contributed by atoms with E-state index in [4.69, 9.17) is 23.2 Å². The lowest BCUT2D eigenvalue weighted by Crippen LogP contribution is -2.15. The summed E-state index contributed by atoms with van der Waals surface area (Å²) in [5.41, 5.74) is 2.22. The quantitative estimate of drug-likeness (QED) is 0.698. The van der Waals surface area contributed by atoms with Crippen LogP contribution in [0.25, 0.3) is 5.69 Å². The van der Waals surface area contributed by atoms with Crippen LogP contribution in [0.2, 0.25) is 10.0 Å². The molecule has 0 spiro atoms. The van der Waals surface area contributed by atoms with Crippen molar-refractivity contribution in [1.29, 1.82) is 0 Å².